The summed E-state index contributed by atoms with van der Waals surface area (Å²) in [7, 11) is 0. The van der Waals surface area contributed by atoms with Crippen molar-refractivity contribution in [3.8, 4) is 11.1 Å². The van der Waals surface area contributed by atoms with E-state index < -0.39 is 11.6 Å². The van der Waals surface area contributed by atoms with E-state index in [0.717, 1.165) is 48.5 Å². The molecule has 0 spiro atoms. The minimum atomic E-state index is -0.790. The normalized spacial score (nSPS) is 15.3. The van der Waals surface area contributed by atoms with Crippen molar-refractivity contribution in [1.82, 2.24) is 14.9 Å². The van der Waals surface area contributed by atoms with Crippen molar-refractivity contribution >= 4 is 11.7 Å². The Morgan fingerprint density at radius 3 is 2.47 bits per heavy atom. The molecule has 30 heavy (non-hydrogen) atoms. The first kappa shape index (κ1) is 20.1. The lowest BCUT2D eigenvalue weighted by atomic mass is 9.88. The van der Waals surface area contributed by atoms with E-state index in [2.05, 4.69) is 20.9 Å². The number of halogens is 2. The Labute approximate surface area is 173 Å². The second-order valence-electron chi connectivity index (χ2n) is 7.53. The highest BCUT2D eigenvalue weighted by molar-refractivity contribution is 5.98. The number of nitrogens with zero attached hydrogens (tertiary/aromatic N) is 3. The smallest absolute Gasteiger partial charge is 0.219 e. The lowest BCUT2D eigenvalue weighted by molar-refractivity contribution is 0.0830. The summed E-state index contributed by atoms with van der Waals surface area (Å²) in [4.78, 5) is 23.1. The number of nitrogen functional groups attached to an aromatic ring is 1. The van der Waals surface area contributed by atoms with Crippen molar-refractivity contribution in [1.29, 1.82) is 0 Å². The van der Waals surface area contributed by atoms with E-state index in [-0.39, 0.29) is 23.2 Å². The van der Waals surface area contributed by atoms with Gasteiger partial charge < -0.3 is 5.73 Å². The van der Waals surface area contributed by atoms with Gasteiger partial charge in [0.25, 0.3) is 0 Å². The number of hydrogen-bond acceptors (Lipinski definition) is 5. The lowest BCUT2D eigenvalue weighted by Gasteiger charge is -2.31. The van der Waals surface area contributed by atoms with Gasteiger partial charge >= 0.3 is 0 Å². The Morgan fingerprint density at radius 1 is 1.07 bits per heavy atom. The molecule has 0 bridgehead atoms. The molecule has 2 aromatic carbocycles. The van der Waals surface area contributed by atoms with Crippen LogP contribution in [0.25, 0.3) is 11.1 Å². The zero-order chi connectivity index (χ0) is 21.1. The summed E-state index contributed by atoms with van der Waals surface area (Å²) in [5, 5.41) is 0. The van der Waals surface area contributed by atoms with E-state index in [1.54, 1.807) is 12.4 Å². The quantitative estimate of drug-likeness (QED) is 0.644. The molecule has 1 aliphatic heterocycles. The maximum atomic E-state index is 14.0. The molecule has 3 aromatic rings. The second-order valence-corrected chi connectivity index (χ2v) is 7.53. The van der Waals surface area contributed by atoms with Crippen LogP contribution in [0.3, 0.4) is 0 Å². The van der Waals surface area contributed by atoms with Crippen molar-refractivity contribution < 1.29 is 13.6 Å². The van der Waals surface area contributed by atoms with Crippen LogP contribution in [0.1, 0.15) is 28.8 Å². The van der Waals surface area contributed by atoms with Gasteiger partial charge in [0.05, 0.1) is 5.56 Å². The molecule has 1 aliphatic rings. The molecule has 0 saturated carbocycles. The summed E-state index contributed by atoms with van der Waals surface area (Å²) in [5.74, 6) is -1.72. The van der Waals surface area contributed by atoms with Gasteiger partial charge in [0, 0.05) is 36.5 Å². The van der Waals surface area contributed by atoms with Crippen LogP contribution in [-0.4, -0.2) is 33.7 Å². The Hall–Kier alpha value is -3.19. The van der Waals surface area contributed by atoms with Gasteiger partial charge in [-0.05, 0) is 49.2 Å². The SMILES string of the molecule is Nc1ncc(-c2ccccc2CN2CCC(C(=O)c3ccc(F)cc3F)CC2)cn1. The Kier molecular flexibility index (Phi) is 5.81. The van der Waals surface area contributed by atoms with Crippen LogP contribution >= 0.6 is 0 Å². The molecule has 0 amide bonds. The molecule has 4 rings (SSSR count). The topological polar surface area (TPSA) is 72.1 Å². The number of carbonyl (C=O) groups is 1. The van der Waals surface area contributed by atoms with Crippen molar-refractivity contribution in [3.63, 3.8) is 0 Å². The molecular weight excluding hydrogens is 386 g/mol. The van der Waals surface area contributed by atoms with E-state index in [1.807, 2.05) is 18.2 Å². The number of likely N-dealkylation sites (tertiary alicyclic amines) is 1. The minimum absolute atomic E-state index is 0.0245. The van der Waals surface area contributed by atoms with Gasteiger partial charge in [0.15, 0.2) is 5.78 Å². The van der Waals surface area contributed by atoms with Crippen molar-refractivity contribution in [2.24, 2.45) is 5.92 Å². The van der Waals surface area contributed by atoms with Gasteiger partial charge in [-0.25, -0.2) is 18.7 Å². The van der Waals surface area contributed by atoms with Crippen LogP contribution in [0, 0.1) is 17.6 Å². The van der Waals surface area contributed by atoms with E-state index in [1.165, 1.54) is 6.07 Å². The highest BCUT2D eigenvalue weighted by atomic mass is 19.1. The van der Waals surface area contributed by atoms with Gasteiger partial charge in [0.1, 0.15) is 11.6 Å². The standard InChI is InChI=1S/C23H22F2N4O/c24-18-5-6-20(21(25)11-18)22(30)15-7-9-29(10-8-15)14-16-3-1-2-4-19(16)17-12-27-23(26)28-13-17/h1-6,11-13,15H,7-10,14H2,(H2,26,27,28). The maximum absolute atomic E-state index is 14.0. The van der Waals surface area contributed by atoms with Crippen LogP contribution in [0.15, 0.2) is 54.9 Å². The van der Waals surface area contributed by atoms with Crippen molar-refractivity contribution in [3.05, 3.63) is 77.6 Å². The van der Waals surface area contributed by atoms with Gasteiger partial charge in [-0.15, -0.1) is 0 Å². The van der Waals surface area contributed by atoms with Crippen molar-refractivity contribution in [2.75, 3.05) is 18.8 Å². The largest absolute Gasteiger partial charge is 0.368 e. The van der Waals surface area contributed by atoms with Gasteiger partial charge in [-0.2, -0.15) is 0 Å². The van der Waals surface area contributed by atoms with Crippen molar-refractivity contribution in [2.45, 2.75) is 19.4 Å². The molecule has 1 saturated heterocycles. The summed E-state index contributed by atoms with van der Waals surface area (Å²) in [5.41, 5.74) is 8.65. The summed E-state index contributed by atoms with van der Waals surface area (Å²) in [6.07, 6.45) is 4.71. The number of benzene rings is 2. The zero-order valence-electron chi connectivity index (χ0n) is 16.4. The maximum Gasteiger partial charge on any atom is 0.219 e. The van der Waals surface area contributed by atoms with Crippen LogP contribution in [0.4, 0.5) is 14.7 Å². The fourth-order valence-electron chi connectivity index (χ4n) is 3.92. The fourth-order valence-corrected chi connectivity index (χ4v) is 3.92. The number of ketones is 1. The molecular formula is C23H22F2N4O. The van der Waals surface area contributed by atoms with Crippen LogP contribution < -0.4 is 5.73 Å². The predicted molar refractivity (Wildman–Crippen MR) is 111 cm³/mol. The van der Waals surface area contributed by atoms with Crippen LogP contribution in [0.5, 0.6) is 0 Å². The molecule has 5 nitrogen and oxygen atoms in total. The first-order valence-corrected chi connectivity index (χ1v) is 9.88. The Balaban J connectivity index is 1.42. The lowest BCUT2D eigenvalue weighted by Crippen LogP contribution is -2.36. The molecule has 0 atom stereocenters. The number of hydrogen-bond donors (Lipinski definition) is 1. The van der Waals surface area contributed by atoms with E-state index in [0.29, 0.717) is 12.8 Å². The monoisotopic (exact) mass is 408 g/mol. The number of piperidine rings is 1. The van der Waals surface area contributed by atoms with Crippen LogP contribution in [-0.2, 0) is 6.54 Å². The molecule has 0 aliphatic carbocycles. The average molecular weight is 408 g/mol. The summed E-state index contributed by atoms with van der Waals surface area (Å²) in [6.45, 7) is 2.18. The summed E-state index contributed by atoms with van der Waals surface area (Å²) >= 11 is 0. The number of aromatic nitrogens is 2. The third-order valence-electron chi connectivity index (χ3n) is 5.55. The highest BCUT2D eigenvalue weighted by Crippen LogP contribution is 2.28. The van der Waals surface area contributed by atoms with Crippen LogP contribution in [0.2, 0.25) is 0 Å². The third-order valence-corrected chi connectivity index (χ3v) is 5.55. The first-order valence-electron chi connectivity index (χ1n) is 9.88. The number of rotatable bonds is 5. The number of nitrogens with two attached hydrogens (primary N) is 1. The third kappa shape index (κ3) is 4.36. The van der Waals surface area contributed by atoms with Gasteiger partial charge in [-0.1, -0.05) is 24.3 Å². The highest BCUT2D eigenvalue weighted by Gasteiger charge is 2.27. The zero-order valence-corrected chi connectivity index (χ0v) is 16.4. The predicted octanol–water partition coefficient (Wildman–Crippen LogP) is 4.10. The van der Waals surface area contributed by atoms with E-state index in [9.17, 15) is 13.6 Å². The first-order chi connectivity index (χ1) is 14.5. The summed E-state index contributed by atoms with van der Waals surface area (Å²) in [6, 6.07) is 11.2. The number of carbonyl (C=O) groups excluding carboxylic acids is 1. The molecule has 2 N–H and O–H groups in total. The number of anilines is 1. The Bertz CT molecular complexity index is 1050. The molecule has 0 radical (unpaired) electrons. The minimum Gasteiger partial charge on any atom is -0.368 e. The second kappa shape index (κ2) is 8.67. The average Bonchev–Trinajstić information content (AvgIpc) is 2.75. The molecule has 1 fully saturated rings. The Morgan fingerprint density at radius 2 is 1.77 bits per heavy atom. The molecule has 0 unspecified atom stereocenters. The number of Topliss-reactive ketones (excluding diaryl/α,β-unsaturated/α-hetero) is 1. The fraction of sp³-hybridized carbons (Fsp3) is 0.261. The molecule has 2 heterocycles. The van der Waals surface area contributed by atoms with Gasteiger partial charge in [-0.3, -0.25) is 9.69 Å². The van der Waals surface area contributed by atoms with E-state index in [4.69, 9.17) is 5.73 Å². The molecule has 154 valence electrons. The molecule has 7 heteroatoms. The van der Waals surface area contributed by atoms with E-state index >= 15 is 0 Å². The summed E-state index contributed by atoms with van der Waals surface area (Å²) < 4.78 is 27.1. The van der Waals surface area contributed by atoms with Gasteiger partial charge in [0.2, 0.25) is 5.95 Å². The molecule has 1 aromatic heterocycles.